The Kier molecular flexibility index (Phi) is 6.29. The molecule has 0 unspecified atom stereocenters. The molecule has 0 aromatic carbocycles. The fourth-order valence-corrected chi connectivity index (χ4v) is 2.09. The maximum Gasteiger partial charge on any atom is 0.246 e. The molecule has 106 valence electrons. The largest absolute Gasteiger partial charge is 0.372 e. The highest BCUT2D eigenvalue weighted by Gasteiger charge is 2.25. The molecule has 2 amide bonds. The van der Waals surface area contributed by atoms with Gasteiger partial charge < -0.3 is 15.0 Å². The van der Waals surface area contributed by atoms with Crippen LogP contribution in [0.15, 0.2) is 25.3 Å². The first-order chi connectivity index (χ1) is 9.12. The SMILES string of the molecule is C=CC(=O)N(CC)CC(=O)N[C@@H]1CCCO[C@H]1C=C. The van der Waals surface area contributed by atoms with E-state index in [1.54, 1.807) is 6.08 Å². The topological polar surface area (TPSA) is 58.6 Å². The van der Waals surface area contributed by atoms with Crippen LogP contribution in [0, 0.1) is 0 Å². The molecule has 1 fully saturated rings. The number of carbonyl (C=O) groups is 2. The van der Waals surface area contributed by atoms with Gasteiger partial charge in [-0.15, -0.1) is 6.58 Å². The Hall–Kier alpha value is -1.62. The molecule has 5 heteroatoms. The predicted molar refractivity (Wildman–Crippen MR) is 73.6 cm³/mol. The smallest absolute Gasteiger partial charge is 0.246 e. The van der Waals surface area contributed by atoms with Crippen molar-refractivity contribution in [2.24, 2.45) is 0 Å². The first-order valence-electron chi connectivity index (χ1n) is 6.57. The Bertz CT molecular complexity index is 355. The number of hydrogen-bond acceptors (Lipinski definition) is 3. The lowest BCUT2D eigenvalue weighted by molar-refractivity contribution is -0.133. The molecule has 0 aromatic rings. The Balaban J connectivity index is 2.51. The quantitative estimate of drug-likeness (QED) is 0.573. The molecule has 0 aliphatic carbocycles. The summed E-state index contributed by atoms with van der Waals surface area (Å²) in [6.07, 6.45) is 4.55. The van der Waals surface area contributed by atoms with Crippen LogP contribution in [0.3, 0.4) is 0 Å². The minimum Gasteiger partial charge on any atom is -0.372 e. The Morgan fingerprint density at radius 3 is 2.79 bits per heavy atom. The zero-order chi connectivity index (χ0) is 14.3. The monoisotopic (exact) mass is 266 g/mol. The number of nitrogens with zero attached hydrogens (tertiary/aromatic N) is 1. The third kappa shape index (κ3) is 4.52. The second-order valence-corrected chi connectivity index (χ2v) is 4.44. The zero-order valence-corrected chi connectivity index (χ0v) is 11.4. The molecule has 1 saturated heterocycles. The first-order valence-corrected chi connectivity index (χ1v) is 6.57. The standard InChI is InChI=1S/C14H22N2O3/c1-4-12-11(8-7-9-19-12)15-13(17)10-16(6-3)14(18)5-2/h4-5,11-12H,1-2,6-10H2,3H3,(H,15,17)/t11-,12+/m1/s1. The number of rotatable bonds is 6. The van der Waals surface area contributed by atoms with E-state index >= 15 is 0 Å². The summed E-state index contributed by atoms with van der Waals surface area (Å²) in [6, 6.07) is -0.0590. The number of amides is 2. The number of likely N-dealkylation sites (N-methyl/N-ethyl adjacent to an activating group) is 1. The van der Waals surface area contributed by atoms with Crippen LogP contribution in [-0.4, -0.2) is 48.6 Å². The van der Waals surface area contributed by atoms with E-state index < -0.39 is 0 Å². The molecule has 0 bridgehead atoms. The Labute approximate surface area is 114 Å². The van der Waals surface area contributed by atoms with Crippen molar-refractivity contribution in [2.45, 2.75) is 31.9 Å². The van der Waals surface area contributed by atoms with Crippen LogP contribution in [0.25, 0.3) is 0 Å². The van der Waals surface area contributed by atoms with Crippen LogP contribution in [0.4, 0.5) is 0 Å². The van der Waals surface area contributed by atoms with Crippen LogP contribution < -0.4 is 5.32 Å². The number of nitrogens with one attached hydrogen (secondary N) is 1. The first kappa shape index (κ1) is 15.4. The van der Waals surface area contributed by atoms with E-state index in [0.29, 0.717) is 13.2 Å². The molecule has 1 heterocycles. The summed E-state index contributed by atoms with van der Waals surface area (Å²) in [4.78, 5) is 24.9. The summed E-state index contributed by atoms with van der Waals surface area (Å²) in [5.41, 5.74) is 0. The molecule has 1 rings (SSSR count). The van der Waals surface area contributed by atoms with E-state index in [2.05, 4.69) is 18.5 Å². The number of carbonyl (C=O) groups excluding carboxylic acids is 2. The van der Waals surface area contributed by atoms with Crippen molar-refractivity contribution < 1.29 is 14.3 Å². The van der Waals surface area contributed by atoms with Crippen molar-refractivity contribution in [1.29, 1.82) is 0 Å². The lowest BCUT2D eigenvalue weighted by Gasteiger charge is -2.31. The van der Waals surface area contributed by atoms with E-state index in [-0.39, 0.29) is 30.5 Å². The molecule has 0 saturated carbocycles. The molecule has 0 aromatic heterocycles. The Morgan fingerprint density at radius 1 is 1.47 bits per heavy atom. The molecule has 1 aliphatic rings. The van der Waals surface area contributed by atoms with Gasteiger partial charge in [0.05, 0.1) is 18.7 Å². The third-order valence-corrected chi connectivity index (χ3v) is 3.15. The molecule has 2 atom stereocenters. The molecule has 19 heavy (non-hydrogen) atoms. The second-order valence-electron chi connectivity index (χ2n) is 4.44. The van der Waals surface area contributed by atoms with Gasteiger partial charge in [0.15, 0.2) is 0 Å². The van der Waals surface area contributed by atoms with Crippen molar-refractivity contribution in [3.63, 3.8) is 0 Å². The molecule has 5 nitrogen and oxygen atoms in total. The average Bonchev–Trinajstić information content (AvgIpc) is 2.44. The number of hydrogen-bond donors (Lipinski definition) is 1. The fraction of sp³-hybridized carbons (Fsp3) is 0.571. The molecule has 0 spiro atoms. The number of ether oxygens (including phenoxy) is 1. The molecule has 0 radical (unpaired) electrons. The summed E-state index contributed by atoms with van der Waals surface area (Å²) in [6.45, 7) is 10.2. The normalized spacial score (nSPS) is 22.4. The lowest BCUT2D eigenvalue weighted by Crippen LogP contribution is -2.49. The van der Waals surface area contributed by atoms with Gasteiger partial charge in [-0.25, -0.2) is 0 Å². The van der Waals surface area contributed by atoms with Gasteiger partial charge in [0.1, 0.15) is 0 Å². The van der Waals surface area contributed by atoms with Gasteiger partial charge >= 0.3 is 0 Å². The minimum absolute atomic E-state index is 0.0434. The highest BCUT2D eigenvalue weighted by molar-refractivity contribution is 5.90. The third-order valence-electron chi connectivity index (χ3n) is 3.15. The highest BCUT2D eigenvalue weighted by atomic mass is 16.5. The second kappa shape index (κ2) is 7.74. The Morgan fingerprint density at radius 2 is 2.21 bits per heavy atom. The summed E-state index contributed by atoms with van der Waals surface area (Å²) >= 11 is 0. The summed E-state index contributed by atoms with van der Waals surface area (Å²) in [7, 11) is 0. The molecule has 1 aliphatic heterocycles. The van der Waals surface area contributed by atoms with Crippen LogP contribution in [-0.2, 0) is 14.3 Å². The minimum atomic E-state index is -0.238. The lowest BCUT2D eigenvalue weighted by atomic mass is 10.0. The van der Waals surface area contributed by atoms with E-state index in [1.807, 2.05) is 6.92 Å². The molecular formula is C14H22N2O3. The van der Waals surface area contributed by atoms with Crippen molar-refractivity contribution in [1.82, 2.24) is 10.2 Å². The van der Waals surface area contributed by atoms with Gasteiger partial charge in [0, 0.05) is 13.2 Å². The van der Waals surface area contributed by atoms with Gasteiger partial charge in [-0.3, -0.25) is 9.59 Å². The van der Waals surface area contributed by atoms with Gasteiger partial charge in [0.2, 0.25) is 11.8 Å². The van der Waals surface area contributed by atoms with E-state index in [1.165, 1.54) is 11.0 Å². The van der Waals surface area contributed by atoms with E-state index in [0.717, 1.165) is 12.8 Å². The van der Waals surface area contributed by atoms with Crippen LogP contribution in [0.1, 0.15) is 19.8 Å². The van der Waals surface area contributed by atoms with Crippen molar-refractivity contribution in [3.8, 4) is 0 Å². The summed E-state index contributed by atoms with van der Waals surface area (Å²) in [5.74, 6) is -0.419. The van der Waals surface area contributed by atoms with Crippen molar-refractivity contribution >= 4 is 11.8 Å². The maximum absolute atomic E-state index is 11.9. The van der Waals surface area contributed by atoms with E-state index in [9.17, 15) is 9.59 Å². The highest BCUT2D eigenvalue weighted by Crippen LogP contribution is 2.14. The molecular weight excluding hydrogens is 244 g/mol. The van der Waals surface area contributed by atoms with Crippen LogP contribution in [0.2, 0.25) is 0 Å². The zero-order valence-electron chi connectivity index (χ0n) is 11.4. The van der Waals surface area contributed by atoms with E-state index in [4.69, 9.17) is 4.74 Å². The predicted octanol–water partition coefficient (Wildman–Crippen LogP) is 0.871. The van der Waals surface area contributed by atoms with Crippen LogP contribution in [0.5, 0.6) is 0 Å². The summed E-state index contributed by atoms with van der Waals surface area (Å²) in [5, 5.41) is 2.90. The fourth-order valence-electron chi connectivity index (χ4n) is 2.09. The van der Waals surface area contributed by atoms with Gasteiger partial charge in [-0.2, -0.15) is 0 Å². The maximum atomic E-state index is 11.9. The van der Waals surface area contributed by atoms with Gasteiger partial charge in [0.25, 0.3) is 0 Å². The van der Waals surface area contributed by atoms with Crippen molar-refractivity contribution in [2.75, 3.05) is 19.7 Å². The summed E-state index contributed by atoms with van der Waals surface area (Å²) < 4.78 is 5.51. The van der Waals surface area contributed by atoms with Crippen molar-refractivity contribution in [3.05, 3.63) is 25.3 Å². The van der Waals surface area contributed by atoms with Gasteiger partial charge in [-0.05, 0) is 25.8 Å². The van der Waals surface area contributed by atoms with Gasteiger partial charge in [-0.1, -0.05) is 12.7 Å². The average molecular weight is 266 g/mol. The van der Waals surface area contributed by atoms with Crippen LogP contribution >= 0.6 is 0 Å². The molecule has 1 N–H and O–H groups in total.